The van der Waals surface area contributed by atoms with E-state index in [4.69, 9.17) is 4.74 Å². The Morgan fingerprint density at radius 3 is 3.06 bits per heavy atom. The summed E-state index contributed by atoms with van der Waals surface area (Å²) in [6, 6.07) is 0. The van der Waals surface area contributed by atoms with Crippen LogP contribution >= 0.6 is 0 Å². The maximum absolute atomic E-state index is 5.86. The number of nitrogens with one attached hydrogen (secondary N) is 1. The molecule has 2 rings (SSSR count). The number of aryl methyl sites for hydroxylation is 1. The van der Waals surface area contributed by atoms with Gasteiger partial charge in [0.05, 0.1) is 18.5 Å². The van der Waals surface area contributed by atoms with Crippen LogP contribution in [-0.2, 0) is 6.54 Å². The average molecular weight is 223 g/mol. The van der Waals surface area contributed by atoms with Crippen LogP contribution < -0.4 is 10.1 Å². The van der Waals surface area contributed by atoms with Crippen LogP contribution in [0.15, 0.2) is 12.4 Å². The van der Waals surface area contributed by atoms with E-state index in [-0.39, 0.29) is 0 Å². The van der Waals surface area contributed by atoms with Crippen molar-refractivity contribution in [1.82, 2.24) is 15.1 Å². The minimum absolute atomic E-state index is 0.426. The largest absolute Gasteiger partial charge is 0.487 e. The molecule has 4 heteroatoms. The number of hydrogen-bond donors (Lipinski definition) is 1. The summed E-state index contributed by atoms with van der Waals surface area (Å²) >= 11 is 0. The number of aromatic nitrogens is 2. The van der Waals surface area contributed by atoms with Gasteiger partial charge in [0, 0.05) is 6.54 Å². The van der Waals surface area contributed by atoms with Crippen LogP contribution in [0.4, 0.5) is 0 Å². The molecular weight excluding hydrogens is 202 g/mol. The molecule has 1 aromatic heterocycles. The molecule has 0 amide bonds. The molecule has 0 bridgehead atoms. The summed E-state index contributed by atoms with van der Waals surface area (Å²) < 4.78 is 7.82. The standard InChI is InChI=1S/C12H21N3O/c1-13-7-4-8-15-10-12(9-14-15)16-11-5-2-3-6-11/h9-11,13H,2-8H2,1H3. The minimum atomic E-state index is 0.426. The number of ether oxygens (including phenoxy) is 1. The van der Waals surface area contributed by atoms with Crippen molar-refractivity contribution in [3.63, 3.8) is 0 Å². The van der Waals surface area contributed by atoms with Crippen molar-refractivity contribution < 1.29 is 4.74 Å². The Morgan fingerprint density at radius 1 is 1.50 bits per heavy atom. The average Bonchev–Trinajstić information content (AvgIpc) is 2.91. The number of nitrogens with zero attached hydrogens (tertiary/aromatic N) is 2. The van der Waals surface area contributed by atoms with Crippen molar-refractivity contribution in [2.45, 2.75) is 44.8 Å². The normalized spacial score (nSPS) is 16.8. The van der Waals surface area contributed by atoms with E-state index in [0.29, 0.717) is 6.10 Å². The Labute approximate surface area is 97.0 Å². The summed E-state index contributed by atoms with van der Waals surface area (Å²) in [6.07, 6.45) is 10.4. The lowest BCUT2D eigenvalue weighted by atomic mass is 10.3. The summed E-state index contributed by atoms with van der Waals surface area (Å²) in [5.41, 5.74) is 0. The van der Waals surface area contributed by atoms with E-state index < -0.39 is 0 Å². The molecule has 0 spiro atoms. The molecule has 1 saturated carbocycles. The van der Waals surface area contributed by atoms with Crippen LogP contribution in [0.25, 0.3) is 0 Å². The van der Waals surface area contributed by atoms with Gasteiger partial charge in [-0.2, -0.15) is 5.10 Å². The lowest BCUT2D eigenvalue weighted by Crippen LogP contribution is -2.11. The van der Waals surface area contributed by atoms with Gasteiger partial charge in [-0.05, 0) is 45.7 Å². The summed E-state index contributed by atoms with van der Waals surface area (Å²) in [5, 5.41) is 7.43. The van der Waals surface area contributed by atoms with Gasteiger partial charge in [0.1, 0.15) is 0 Å². The second-order valence-corrected chi connectivity index (χ2v) is 4.42. The molecule has 0 radical (unpaired) electrons. The second kappa shape index (κ2) is 5.89. The van der Waals surface area contributed by atoms with Gasteiger partial charge >= 0.3 is 0 Å². The van der Waals surface area contributed by atoms with E-state index in [0.717, 1.165) is 25.3 Å². The van der Waals surface area contributed by atoms with Gasteiger partial charge in [0.15, 0.2) is 5.75 Å². The van der Waals surface area contributed by atoms with Gasteiger partial charge < -0.3 is 10.1 Å². The Hall–Kier alpha value is -1.03. The Morgan fingerprint density at radius 2 is 2.31 bits per heavy atom. The highest BCUT2D eigenvalue weighted by Gasteiger charge is 2.16. The van der Waals surface area contributed by atoms with Crippen molar-refractivity contribution in [1.29, 1.82) is 0 Å². The topological polar surface area (TPSA) is 39.1 Å². The Kier molecular flexibility index (Phi) is 4.22. The first kappa shape index (κ1) is 11.5. The Balaban J connectivity index is 1.77. The zero-order chi connectivity index (χ0) is 11.2. The second-order valence-electron chi connectivity index (χ2n) is 4.42. The van der Waals surface area contributed by atoms with Gasteiger partial charge in [-0.15, -0.1) is 0 Å². The van der Waals surface area contributed by atoms with Crippen LogP contribution in [0, 0.1) is 0 Å². The van der Waals surface area contributed by atoms with Crippen LogP contribution in [0.5, 0.6) is 5.75 Å². The SMILES string of the molecule is CNCCCn1cc(OC2CCCC2)cn1. The van der Waals surface area contributed by atoms with Crippen LogP contribution in [-0.4, -0.2) is 29.5 Å². The van der Waals surface area contributed by atoms with E-state index in [9.17, 15) is 0 Å². The van der Waals surface area contributed by atoms with Crippen LogP contribution in [0.3, 0.4) is 0 Å². The zero-order valence-corrected chi connectivity index (χ0v) is 9.98. The smallest absolute Gasteiger partial charge is 0.157 e. The predicted octanol–water partition coefficient (Wildman–Crippen LogP) is 1.81. The van der Waals surface area contributed by atoms with Crippen LogP contribution in [0.2, 0.25) is 0 Å². The molecule has 1 aromatic rings. The molecule has 16 heavy (non-hydrogen) atoms. The molecule has 90 valence electrons. The number of hydrogen-bond acceptors (Lipinski definition) is 3. The molecule has 0 aromatic carbocycles. The summed E-state index contributed by atoms with van der Waals surface area (Å²) in [6.45, 7) is 1.98. The highest BCUT2D eigenvalue weighted by molar-refractivity contribution is 5.12. The summed E-state index contributed by atoms with van der Waals surface area (Å²) in [4.78, 5) is 0. The maximum Gasteiger partial charge on any atom is 0.157 e. The fraction of sp³-hybridized carbons (Fsp3) is 0.750. The van der Waals surface area contributed by atoms with Crippen molar-refractivity contribution >= 4 is 0 Å². The van der Waals surface area contributed by atoms with E-state index in [2.05, 4.69) is 10.4 Å². The molecule has 4 nitrogen and oxygen atoms in total. The third kappa shape index (κ3) is 3.23. The molecule has 0 saturated heterocycles. The molecular formula is C12H21N3O. The monoisotopic (exact) mass is 223 g/mol. The zero-order valence-electron chi connectivity index (χ0n) is 9.98. The Bertz CT molecular complexity index is 305. The lowest BCUT2D eigenvalue weighted by molar-refractivity contribution is 0.209. The third-order valence-corrected chi connectivity index (χ3v) is 3.03. The third-order valence-electron chi connectivity index (χ3n) is 3.03. The fourth-order valence-electron chi connectivity index (χ4n) is 2.14. The fourth-order valence-corrected chi connectivity index (χ4v) is 2.14. The first-order valence-electron chi connectivity index (χ1n) is 6.22. The van der Waals surface area contributed by atoms with Gasteiger partial charge in [-0.3, -0.25) is 4.68 Å². The quantitative estimate of drug-likeness (QED) is 0.748. The highest BCUT2D eigenvalue weighted by Crippen LogP contribution is 2.23. The van der Waals surface area contributed by atoms with E-state index in [1.165, 1.54) is 25.7 Å². The molecule has 1 aliphatic rings. The van der Waals surface area contributed by atoms with Gasteiger partial charge in [0.2, 0.25) is 0 Å². The van der Waals surface area contributed by atoms with E-state index in [1.54, 1.807) is 0 Å². The van der Waals surface area contributed by atoms with Gasteiger partial charge in [0.25, 0.3) is 0 Å². The minimum Gasteiger partial charge on any atom is -0.487 e. The van der Waals surface area contributed by atoms with Crippen molar-refractivity contribution in [2.75, 3.05) is 13.6 Å². The predicted molar refractivity (Wildman–Crippen MR) is 63.7 cm³/mol. The van der Waals surface area contributed by atoms with Crippen molar-refractivity contribution in [2.24, 2.45) is 0 Å². The number of rotatable bonds is 6. The van der Waals surface area contributed by atoms with Gasteiger partial charge in [-0.25, -0.2) is 0 Å². The van der Waals surface area contributed by atoms with Crippen LogP contribution in [0.1, 0.15) is 32.1 Å². The molecule has 0 aliphatic heterocycles. The highest BCUT2D eigenvalue weighted by atomic mass is 16.5. The van der Waals surface area contributed by atoms with Crippen molar-refractivity contribution in [3.05, 3.63) is 12.4 Å². The van der Waals surface area contributed by atoms with E-state index in [1.807, 2.05) is 24.1 Å². The van der Waals surface area contributed by atoms with E-state index >= 15 is 0 Å². The maximum atomic E-state index is 5.86. The first-order valence-corrected chi connectivity index (χ1v) is 6.22. The first-order chi connectivity index (χ1) is 7.88. The molecule has 1 fully saturated rings. The molecule has 1 N–H and O–H groups in total. The lowest BCUT2D eigenvalue weighted by Gasteiger charge is -2.09. The molecule has 1 heterocycles. The van der Waals surface area contributed by atoms with Crippen molar-refractivity contribution in [3.8, 4) is 5.75 Å². The molecule has 0 atom stereocenters. The summed E-state index contributed by atoms with van der Waals surface area (Å²) in [5.74, 6) is 0.927. The summed E-state index contributed by atoms with van der Waals surface area (Å²) in [7, 11) is 1.97. The van der Waals surface area contributed by atoms with Gasteiger partial charge in [-0.1, -0.05) is 0 Å². The molecule has 0 unspecified atom stereocenters. The molecule has 1 aliphatic carbocycles.